The predicted octanol–water partition coefficient (Wildman–Crippen LogP) is 3.33. The lowest BCUT2D eigenvalue weighted by Crippen LogP contribution is -2.33. The van der Waals surface area contributed by atoms with Crippen molar-refractivity contribution in [3.05, 3.63) is 0 Å². The van der Waals surface area contributed by atoms with Crippen molar-refractivity contribution < 1.29 is 8.78 Å². The monoisotopic (exact) mass is 205 g/mol. The molecule has 0 amide bonds. The van der Waals surface area contributed by atoms with Crippen LogP contribution in [0.1, 0.15) is 52.4 Å². The standard InChI is InChI=1S/C11H21F2N/c1-10(2,14)6-3-9-4-7-11(12,13)8-5-9/h9H,3-8,14H2,1-2H3. The normalized spacial score (nSPS) is 23.8. The third-order valence-corrected chi connectivity index (χ3v) is 3.03. The Hall–Kier alpha value is -0.180. The Labute approximate surface area is 85.1 Å². The third-order valence-electron chi connectivity index (χ3n) is 3.03. The molecule has 0 aromatic rings. The van der Waals surface area contributed by atoms with Crippen molar-refractivity contribution in [2.24, 2.45) is 11.7 Å². The summed E-state index contributed by atoms with van der Waals surface area (Å²) in [6, 6.07) is 0. The minimum Gasteiger partial charge on any atom is -0.326 e. The first kappa shape index (κ1) is 11.9. The van der Waals surface area contributed by atoms with Gasteiger partial charge >= 0.3 is 0 Å². The summed E-state index contributed by atoms with van der Waals surface area (Å²) >= 11 is 0. The highest BCUT2D eigenvalue weighted by Gasteiger charge is 2.34. The van der Waals surface area contributed by atoms with Crippen LogP contribution >= 0.6 is 0 Å². The van der Waals surface area contributed by atoms with Crippen LogP contribution in [0.2, 0.25) is 0 Å². The summed E-state index contributed by atoms with van der Waals surface area (Å²) in [5.41, 5.74) is 5.70. The predicted molar refractivity (Wildman–Crippen MR) is 54.4 cm³/mol. The van der Waals surface area contributed by atoms with Crippen LogP contribution in [-0.2, 0) is 0 Å². The van der Waals surface area contributed by atoms with Gasteiger partial charge in [-0.25, -0.2) is 8.78 Å². The molecule has 0 spiro atoms. The number of hydrogen-bond donors (Lipinski definition) is 1. The fraction of sp³-hybridized carbons (Fsp3) is 1.00. The van der Waals surface area contributed by atoms with Crippen LogP contribution in [0.25, 0.3) is 0 Å². The van der Waals surface area contributed by atoms with E-state index in [9.17, 15) is 8.78 Å². The molecule has 1 aliphatic rings. The molecule has 0 heterocycles. The first-order valence-corrected chi connectivity index (χ1v) is 5.45. The van der Waals surface area contributed by atoms with Crippen molar-refractivity contribution in [1.82, 2.24) is 0 Å². The molecule has 1 nitrogen and oxygen atoms in total. The van der Waals surface area contributed by atoms with Gasteiger partial charge < -0.3 is 5.73 Å². The topological polar surface area (TPSA) is 26.0 Å². The van der Waals surface area contributed by atoms with Crippen molar-refractivity contribution in [3.63, 3.8) is 0 Å². The van der Waals surface area contributed by atoms with Gasteiger partial charge in [-0.15, -0.1) is 0 Å². The lowest BCUT2D eigenvalue weighted by molar-refractivity contribution is -0.0469. The summed E-state index contributed by atoms with van der Waals surface area (Å²) < 4.78 is 25.7. The van der Waals surface area contributed by atoms with Gasteiger partial charge in [0.2, 0.25) is 5.92 Å². The quantitative estimate of drug-likeness (QED) is 0.751. The molecule has 1 aliphatic carbocycles. The Kier molecular flexibility index (Phi) is 3.51. The average Bonchev–Trinajstić information content (AvgIpc) is 2.01. The molecule has 0 aromatic heterocycles. The Morgan fingerprint density at radius 1 is 1.29 bits per heavy atom. The first-order valence-electron chi connectivity index (χ1n) is 5.45. The number of rotatable bonds is 3. The van der Waals surface area contributed by atoms with Crippen LogP contribution in [0.5, 0.6) is 0 Å². The number of halogens is 2. The van der Waals surface area contributed by atoms with E-state index in [1.165, 1.54) is 0 Å². The van der Waals surface area contributed by atoms with E-state index in [4.69, 9.17) is 5.73 Å². The van der Waals surface area contributed by atoms with Gasteiger partial charge in [0.1, 0.15) is 0 Å². The zero-order chi connectivity index (χ0) is 10.8. The minimum atomic E-state index is -2.39. The van der Waals surface area contributed by atoms with Gasteiger partial charge in [-0.3, -0.25) is 0 Å². The zero-order valence-corrected chi connectivity index (χ0v) is 9.15. The smallest absolute Gasteiger partial charge is 0.248 e. The highest BCUT2D eigenvalue weighted by molar-refractivity contribution is 4.80. The largest absolute Gasteiger partial charge is 0.326 e. The molecular formula is C11H21F2N. The van der Waals surface area contributed by atoms with Crippen molar-refractivity contribution in [1.29, 1.82) is 0 Å². The van der Waals surface area contributed by atoms with E-state index in [1.54, 1.807) is 0 Å². The molecule has 0 aromatic carbocycles. The molecule has 3 heteroatoms. The fourth-order valence-corrected chi connectivity index (χ4v) is 1.96. The van der Waals surface area contributed by atoms with Crippen molar-refractivity contribution >= 4 is 0 Å². The summed E-state index contributed by atoms with van der Waals surface area (Å²) in [7, 11) is 0. The summed E-state index contributed by atoms with van der Waals surface area (Å²) in [5.74, 6) is -1.92. The Morgan fingerprint density at radius 3 is 2.21 bits per heavy atom. The first-order chi connectivity index (χ1) is 6.29. The van der Waals surface area contributed by atoms with Crippen molar-refractivity contribution in [2.45, 2.75) is 63.8 Å². The summed E-state index contributed by atoms with van der Waals surface area (Å²) in [6.07, 6.45) is 3.42. The van der Waals surface area contributed by atoms with Crippen LogP contribution < -0.4 is 5.73 Å². The molecule has 0 bridgehead atoms. The van der Waals surface area contributed by atoms with E-state index < -0.39 is 5.92 Å². The molecule has 0 unspecified atom stereocenters. The van der Waals surface area contributed by atoms with E-state index in [0.29, 0.717) is 18.8 Å². The Morgan fingerprint density at radius 2 is 1.79 bits per heavy atom. The summed E-state index contributed by atoms with van der Waals surface area (Å²) in [4.78, 5) is 0. The van der Waals surface area contributed by atoms with Crippen LogP contribution in [0, 0.1) is 5.92 Å². The number of alkyl halides is 2. The van der Waals surface area contributed by atoms with Gasteiger partial charge in [0.15, 0.2) is 0 Å². The molecule has 1 fully saturated rings. The molecule has 0 radical (unpaired) electrons. The van der Waals surface area contributed by atoms with Crippen molar-refractivity contribution in [2.75, 3.05) is 0 Å². The second-order valence-electron chi connectivity index (χ2n) is 5.33. The van der Waals surface area contributed by atoms with Crippen LogP contribution in [-0.4, -0.2) is 11.5 Å². The Bertz CT molecular complexity index is 174. The van der Waals surface area contributed by atoms with Crippen LogP contribution in [0.3, 0.4) is 0 Å². The molecule has 14 heavy (non-hydrogen) atoms. The van der Waals surface area contributed by atoms with Gasteiger partial charge in [0.05, 0.1) is 0 Å². The maximum atomic E-state index is 12.8. The second-order valence-corrected chi connectivity index (χ2v) is 5.33. The van der Waals surface area contributed by atoms with E-state index in [1.807, 2.05) is 13.8 Å². The minimum absolute atomic E-state index is 0.0721. The molecule has 0 aliphatic heterocycles. The second kappa shape index (κ2) is 4.13. The van der Waals surface area contributed by atoms with E-state index >= 15 is 0 Å². The molecule has 2 N–H and O–H groups in total. The van der Waals surface area contributed by atoms with E-state index in [2.05, 4.69) is 0 Å². The SMILES string of the molecule is CC(C)(N)CCC1CCC(F)(F)CC1. The molecule has 0 saturated heterocycles. The molecular weight excluding hydrogens is 184 g/mol. The van der Waals surface area contributed by atoms with Gasteiger partial charge in [-0.1, -0.05) is 0 Å². The highest BCUT2D eigenvalue weighted by atomic mass is 19.3. The lowest BCUT2D eigenvalue weighted by Gasteiger charge is -2.30. The summed E-state index contributed by atoms with van der Waals surface area (Å²) in [6.45, 7) is 3.98. The number of nitrogens with two attached hydrogens (primary N) is 1. The molecule has 1 rings (SSSR count). The molecule has 1 saturated carbocycles. The fourth-order valence-electron chi connectivity index (χ4n) is 1.96. The number of hydrogen-bond acceptors (Lipinski definition) is 1. The van der Waals surface area contributed by atoms with Gasteiger partial charge in [-0.2, -0.15) is 0 Å². The Balaban J connectivity index is 2.23. The average molecular weight is 205 g/mol. The maximum absolute atomic E-state index is 12.8. The van der Waals surface area contributed by atoms with E-state index in [0.717, 1.165) is 12.8 Å². The third kappa shape index (κ3) is 4.36. The lowest BCUT2D eigenvalue weighted by atomic mass is 9.82. The van der Waals surface area contributed by atoms with E-state index in [-0.39, 0.29) is 18.4 Å². The van der Waals surface area contributed by atoms with Crippen LogP contribution in [0.15, 0.2) is 0 Å². The van der Waals surface area contributed by atoms with Gasteiger partial charge in [0, 0.05) is 18.4 Å². The van der Waals surface area contributed by atoms with Gasteiger partial charge in [-0.05, 0) is 45.4 Å². The maximum Gasteiger partial charge on any atom is 0.248 e. The van der Waals surface area contributed by atoms with Gasteiger partial charge in [0.25, 0.3) is 0 Å². The zero-order valence-electron chi connectivity index (χ0n) is 9.15. The van der Waals surface area contributed by atoms with Crippen molar-refractivity contribution in [3.8, 4) is 0 Å². The molecule has 84 valence electrons. The molecule has 0 atom stereocenters. The highest BCUT2D eigenvalue weighted by Crippen LogP contribution is 2.38. The van der Waals surface area contributed by atoms with Crippen LogP contribution in [0.4, 0.5) is 8.78 Å². The summed E-state index contributed by atoms with van der Waals surface area (Å²) in [5, 5.41) is 0.